The third-order valence-electron chi connectivity index (χ3n) is 8.26. The Morgan fingerprint density at radius 3 is 2.49 bits per heavy atom. The summed E-state index contributed by atoms with van der Waals surface area (Å²) in [4.78, 5) is 14.7. The smallest absolute Gasteiger partial charge is 0.255 e. The first-order chi connectivity index (χ1) is 17.2. The van der Waals surface area contributed by atoms with Gasteiger partial charge in [-0.05, 0) is 88.2 Å². The molecule has 0 aromatic heterocycles. The molecular formula is C27H33ClF2N2O4S. The number of likely N-dealkylation sites (N-methyl/N-ethyl adjacent to an activating group) is 1. The van der Waals surface area contributed by atoms with Gasteiger partial charge in [-0.2, -0.15) is 0 Å². The molecule has 2 N–H and O–H groups in total. The Hall–Kier alpha value is -2.07. The summed E-state index contributed by atoms with van der Waals surface area (Å²) in [6, 6.07) is 7.15. The van der Waals surface area contributed by atoms with Crippen molar-refractivity contribution in [2.24, 2.45) is 17.8 Å². The van der Waals surface area contributed by atoms with Crippen LogP contribution in [0.3, 0.4) is 0 Å². The Morgan fingerprint density at radius 2 is 1.86 bits per heavy atom. The summed E-state index contributed by atoms with van der Waals surface area (Å²) in [6.45, 7) is 6.67. The molecule has 4 rings (SSSR count). The fourth-order valence-electron chi connectivity index (χ4n) is 5.95. The number of nitrogens with zero attached hydrogens (tertiary/aromatic N) is 1. The number of fused-ring (bicyclic) bond motifs is 2. The maximum atomic E-state index is 13.8. The first-order valence-corrected chi connectivity index (χ1v) is 14.4. The lowest BCUT2D eigenvalue weighted by Crippen LogP contribution is -2.55. The van der Waals surface area contributed by atoms with Gasteiger partial charge in [-0.1, -0.05) is 18.5 Å². The number of halogens is 3. The van der Waals surface area contributed by atoms with E-state index in [1.165, 1.54) is 24.3 Å². The summed E-state index contributed by atoms with van der Waals surface area (Å²) < 4.78 is 54.3. The molecule has 2 saturated carbocycles. The van der Waals surface area contributed by atoms with Crippen molar-refractivity contribution >= 4 is 33.0 Å². The van der Waals surface area contributed by atoms with Crippen LogP contribution in [0, 0.1) is 29.4 Å². The Balaban J connectivity index is 1.58. The van der Waals surface area contributed by atoms with E-state index in [0.29, 0.717) is 19.4 Å². The van der Waals surface area contributed by atoms with E-state index in [2.05, 4.69) is 31.0 Å². The van der Waals surface area contributed by atoms with Gasteiger partial charge in [0.2, 0.25) is 0 Å². The van der Waals surface area contributed by atoms with Gasteiger partial charge in [0, 0.05) is 29.9 Å². The largest absolute Gasteiger partial charge is 0.388 e. The van der Waals surface area contributed by atoms with E-state index in [9.17, 15) is 27.1 Å². The van der Waals surface area contributed by atoms with Crippen LogP contribution in [0.25, 0.3) is 0 Å². The second-order valence-electron chi connectivity index (χ2n) is 10.9. The third kappa shape index (κ3) is 5.28. The Kier molecular flexibility index (Phi) is 7.74. The van der Waals surface area contributed by atoms with Gasteiger partial charge < -0.3 is 15.3 Å². The summed E-state index contributed by atoms with van der Waals surface area (Å²) in [5.41, 5.74) is -0.901. The predicted octanol–water partition coefficient (Wildman–Crippen LogP) is 5.15. The number of carbonyl (C=O) groups is 1. The van der Waals surface area contributed by atoms with Crippen LogP contribution in [0.5, 0.6) is 0 Å². The molecule has 0 spiro atoms. The fraction of sp³-hybridized carbons (Fsp3) is 0.519. The molecular weight excluding hydrogens is 522 g/mol. The summed E-state index contributed by atoms with van der Waals surface area (Å²) in [5.74, 6) is -3.00. The van der Waals surface area contributed by atoms with Crippen molar-refractivity contribution < 1.29 is 27.1 Å². The standard InChI is InChI=1S/C27H33ClF2N2O4S/c1-15(2)32(4)14-27(34)18-9-16(3)21(27)13-20(11-18)37(35,36)25-10-17(5-7-22(25)28)26(33)31-19-6-8-23(29)24(30)12-19/h5-8,10,12,15-16,18,20-21,34H,9,11,13-14H2,1-4H3,(H,31,33)/t16-,18?,20+,21?,27+/m0/s1. The molecule has 2 unspecified atom stereocenters. The molecule has 37 heavy (non-hydrogen) atoms. The highest BCUT2D eigenvalue weighted by Gasteiger charge is 2.58. The van der Waals surface area contributed by atoms with Crippen molar-refractivity contribution in [2.45, 2.75) is 61.8 Å². The summed E-state index contributed by atoms with van der Waals surface area (Å²) >= 11 is 6.32. The van der Waals surface area contributed by atoms with Gasteiger partial charge in [0.05, 0.1) is 20.8 Å². The van der Waals surface area contributed by atoms with Crippen LogP contribution < -0.4 is 5.32 Å². The lowest BCUT2D eigenvalue weighted by molar-refractivity contribution is -0.0850. The van der Waals surface area contributed by atoms with E-state index in [1.807, 2.05) is 7.05 Å². The quantitative estimate of drug-likeness (QED) is 0.494. The molecule has 202 valence electrons. The first-order valence-electron chi connectivity index (χ1n) is 12.5. The van der Waals surface area contributed by atoms with E-state index in [1.54, 1.807) is 0 Å². The van der Waals surface area contributed by atoms with Crippen LogP contribution in [0.4, 0.5) is 14.5 Å². The molecule has 2 aromatic rings. The van der Waals surface area contributed by atoms with Gasteiger partial charge >= 0.3 is 0 Å². The number of benzene rings is 2. The number of aliphatic hydroxyl groups is 1. The minimum Gasteiger partial charge on any atom is -0.388 e. The molecule has 2 aliphatic rings. The van der Waals surface area contributed by atoms with Crippen molar-refractivity contribution in [2.75, 3.05) is 18.9 Å². The Labute approximate surface area is 221 Å². The maximum absolute atomic E-state index is 13.8. The Morgan fingerprint density at radius 1 is 1.16 bits per heavy atom. The summed E-state index contributed by atoms with van der Waals surface area (Å²) in [7, 11) is -1.96. The average molecular weight is 555 g/mol. The summed E-state index contributed by atoms with van der Waals surface area (Å²) in [5, 5.41) is 13.4. The number of hydrogen-bond acceptors (Lipinski definition) is 5. The van der Waals surface area contributed by atoms with Gasteiger partial charge in [0.25, 0.3) is 5.91 Å². The number of amides is 1. The van der Waals surface area contributed by atoms with Gasteiger partial charge in [-0.25, -0.2) is 17.2 Å². The second kappa shape index (κ2) is 10.2. The molecule has 0 radical (unpaired) electrons. The average Bonchev–Trinajstić information content (AvgIpc) is 2.94. The van der Waals surface area contributed by atoms with Crippen molar-refractivity contribution in [3.63, 3.8) is 0 Å². The van der Waals surface area contributed by atoms with Gasteiger partial charge in [0.15, 0.2) is 21.5 Å². The maximum Gasteiger partial charge on any atom is 0.255 e. The molecule has 2 aromatic carbocycles. The molecule has 2 aliphatic carbocycles. The molecule has 5 atom stereocenters. The monoisotopic (exact) mass is 554 g/mol. The molecule has 2 fully saturated rings. The van der Waals surface area contributed by atoms with E-state index < -0.39 is 38.2 Å². The number of carbonyl (C=O) groups excluding carboxylic acids is 1. The molecule has 1 amide bonds. The van der Waals surface area contributed by atoms with Gasteiger partial charge in [0.1, 0.15) is 0 Å². The van der Waals surface area contributed by atoms with Crippen LogP contribution in [-0.2, 0) is 9.84 Å². The van der Waals surface area contributed by atoms with Crippen LogP contribution in [0.2, 0.25) is 5.02 Å². The molecule has 6 nitrogen and oxygen atoms in total. The minimum atomic E-state index is -3.92. The normalized spacial score (nSPS) is 27.6. The van der Waals surface area contributed by atoms with E-state index in [0.717, 1.165) is 18.6 Å². The SMILES string of the molecule is CC(C)N(C)C[C@@]1(O)C2C[C@@H](S(=O)(=O)c3cc(C(=O)Nc4ccc(F)c(F)c4)ccc3Cl)CC1[C@@H](C)C2. The zero-order valence-electron chi connectivity index (χ0n) is 21.3. The topological polar surface area (TPSA) is 86.7 Å². The number of rotatable bonds is 7. The van der Waals surface area contributed by atoms with Crippen molar-refractivity contribution in [3.05, 3.63) is 58.6 Å². The van der Waals surface area contributed by atoms with Crippen molar-refractivity contribution in [1.29, 1.82) is 0 Å². The van der Waals surface area contributed by atoms with Crippen LogP contribution in [-0.4, -0.2) is 54.8 Å². The zero-order valence-corrected chi connectivity index (χ0v) is 22.9. The van der Waals surface area contributed by atoms with Gasteiger partial charge in [-0.15, -0.1) is 0 Å². The van der Waals surface area contributed by atoms with Crippen LogP contribution in [0.1, 0.15) is 50.4 Å². The predicted molar refractivity (Wildman–Crippen MR) is 139 cm³/mol. The first kappa shape index (κ1) is 28.0. The van der Waals surface area contributed by atoms with E-state index in [-0.39, 0.29) is 45.0 Å². The van der Waals surface area contributed by atoms with Crippen molar-refractivity contribution in [3.8, 4) is 0 Å². The molecule has 2 bridgehead atoms. The number of sulfone groups is 1. The fourth-order valence-corrected chi connectivity index (χ4v) is 8.32. The molecule has 0 saturated heterocycles. The number of hydrogen-bond donors (Lipinski definition) is 2. The minimum absolute atomic E-state index is 0.00477. The number of nitrogens with one attached hydrogen (secondary N) is 1. The van der Waals surface area contributed by atoms with E-state index >= 15 is 0 Å². The molecule has 0 heterocycles. The van der Waals surface area contributed by atoms with Crippen molar-refractivity contribution in [1.82, 2.24) is 4.90 Å². The highest BCUT2D eigenvalue weighted by molar-refractivity contribution is 7.92. The van der Waals surface area contributed by atoms with Crippen LogP contribution in [0.15, 0.2) is 41.3 Å². The molecule has 10 heteroatoms. The zero-order chi connectivity index (χ0) is 27.3. The second-order valence-corrected chi connectivity index (χ2v) is 13.5. The van der Waals surface area contributed by atoms with E-state index in [4.69, 9.17) is 11.6 Å². The molecule has 0 aliphatic heterocycles. The lowest BCUT2D eigenvalue weighted by Gasteiger charge is -2.45. The summed E-state index contributed by atoms with van der Waals surface area (Å²) in [6.07, 6.45) is 1.38. The highest BCUT2D eigenvalue weighted by Crippen LogP contribution is 2.55. The third-order valence-corrected chi connectivity index (χ3v) is 10.9. The Bertz CT molecular complexity index is 1310. The lowest BCUT2D eigenvalue weighted by atomic mass is 9.73. The van der Waals surface area contributed by atoms with Gasteiger partial charge in [-0.3, -0.25) is 4.79 Å². The highest BCUT2D eigenvalue weighted by atomic mass is 35.5. The number of anilines is 1. The van der Waals surface area contributed by atoms with Crippen LogP contribution >= 0.6 is 11.6 Å².